The van der Waals surface area contributed by atoms with Gasteiger partial charge in [-0.25, -0.2) is 0 Å². The topological polar surface area (TPSA) is 302 Å². The van der Waals surface area contributed by atoms with E-state index in [-0.39, 0.29) is 11.8 Å². The number of unbranched alkanes of at least 4 members (excludes halogenated alkanes) is 1. The van der Waals surface area contributed by atoms with Crippen molar-refractivity contribution >= 4 is 53.5 Å². The first-order valence-corrected chi connectivity index (χ1v) is 18.4. The van der Waals surface area contributed by atoms with Gasteiger partial charge in [-0.1, -0.05) is 55.4 Å². The van der Waals surface area contributed by atoms with Crippen LogP contribution < -0.4 is 54.0 Å². The Bertz CT molecular complexity index is 1290. The number of hydrogen-bond acceptors (Lipinski definition) is 11. The maximum atomic E-state index is 13.0. The van der Waals surface area contributed by atoms with Gasteiger partial charge in [0.05, 0.1) is 31.7 Å². The van der Waals surface area contributed by atoms with Gasteiger partial charge < -0.3 is 58.8 Å². The Balaban J connectivity index is 5.07. The monoisotopic (exact) mass is 768 g/mol. The van der Waals surface area contributed by atoms with Gasteiger partial charge in [-0.3, -0.25) is 38.4 Å². The molecule has 0 aliphatic rings. The van der Waals surface area contributed by atoms with Crippen molar-refractivity contribution in [3.8, 4) is 0 Å². The van der Waals surface area contributed by atoms with Crippen LogP contribution in [-0.4, -0.2) is 116 Å². The predicted molar refractivity (Wildman–Crippen MR) is 201 cm³/mol. The second-order valence-corrected chi connectivity index (χ2v) is 14.6. The summed E-state index contributed by atoms with van der Waals surface area (Å²) in [6.45, 7) is 14.0. The minimum absolute atomic E-state index is 0.154. The molecule has 54 heavy (non-hydrogen) atoms. The van der Waals surface area contributed by atoms with E-state index in [0.29, 0.717) is 32.1 Å². The van der Waals surface area contributed by atoms with Gasteiger partial charge in [0.1, 0.15) is 30.5 Å². The lowest BCUT2D eigenvalue weighted by Gasteiger charge is -2.25. The first-order valence-electron chi connectivity index (χ1n) is 18.4. The zero-order valence-electron chi connectivity index (χ0n) is 33.1. The minimum Gasteiger partial charge on any atom is -0.345 e. The second-order valence-electron chi connectivity index (χ2n) is 14.6. The highest BCUT2D eigenvalue weighted by molar-refractivity contribution is 5.96. The average molecular weight is 769 g/mol. The van der Waals surface area contributed by atoms with Gasteiger partial charge in [0.25, 0.3) is 0 Å². The normalized spacial score (nSPS) is 14.5. The number of nitrogens with one attached hydrogen (secondary N) is 8. The van der Waals surface area contributed by atoms with Crippen molar-refractivity contribution in [1.82, 2.24) is 42.5 Å². The molecule has 8 amide bonds. The molecule has 6 atom stereocenters. The Morgan fingerprint density at radius 1 is 0.500 bits per heavy atom. The number of aldehydes is 1. The summed E-state index contributed by atoms with van der Waals surface area (Å²) in [6, 6.07) is -5.77. The molecule has 0 spiro atoms. The Morgan fingerprint density at radius 3 is 1.28 bits per heavy atom. The molecular weight excluding hydrogens is 704 g/mol. The highest BCUT2D eigenvalue weighted by Gasteiger charge is 2.30. The Hall–Kier alpha value is -4.65. The van der Waals surface area contributed by atoms with Gasteiger partial charge in [0.2, 0.25) is 47.3 Å². The number of rotatable bonds is 25. The molecule has 0 saturated carbocycles. The van der Waals surface area contributed by atoms with Crippen LogP contribution >= 0.6 is 0 Å². The van der Waals surface area contributed by atoms with Crippen LogP contribution in [0, 0.1) is 23.7 Å². The van der Waals surface area contributed by atoms with Crippen LogP contribution in [0.25, 0.3) is 0 Å². The Labute approximate surface area is 318 Å². The third kappa shape index (κ3) is 18.9. The summed E-state index contributed by atoms with van der Waals surface area (Å²) in [4.78, 5) is 113. The standard InChI is InChI=1S/C35H64N10O9/c1-18(2)27(37)32(51)45-30(21(7)8)35(54)38-14-24(47)41-22(9)31(50)44-29(20(5)6)34(53)40-16-26(49)43-28(19(3)4)33(52)39-15-25(48)42-23(17-46)12-10-11-13-36/h17-23,27-30H,10-16,36-37H2,1-9H3,(H,38,54)(H,39,52)(H,40,53)(H,41,47)(H,42,48)(H,43,49)(H,44,50)(H,45,51)/t22-,23-,27-,28-,29-,30-/m0/s1. The summed E-state index contributed by atoms with van der Waals surface area (Å²) in [5, 5.41) is 20.0. The molecule has 19 nitrogen and oxygen atoms in total. The van der Waals surface area contributed by atoms with Crippen LogP contribution in [0.15, 0.2) is 0 Å². The van der Waals surface area contributed by atoms with Crippen LogP contribution in [0.1, 0.15) is 81.6 Å². The van der Waals surface area contributed by atoms with Gasteiger partial charge >= 0.3 is 0 Å². The summed E-state index contributed by atoms with van der Waals surface area (Å²) in [5.41, 5.74) is 11.3. The van der Waals surface area contributed by atoms with E-state index in [0.717, 1.165) is 0 Å². The van der Waals surface area contributed by atoms with E-state index >= 15 is 0 Å². The fourth-order valence-corrected chi connectivity index (χ4v) is 4.79. The molecule has 0 aromatic rings. The third-order valence-corrected chi connectivity index (χ3v) is 8.30. The Morgan fingerprint density at radius 2 is 0.889 bits per heavy atom. The maximum absolute atomic E-state index is 13.0. The number of carbonyl (C=O) groups is 9. The molecule has 0 heterocycles. The first kappa shape index (κ1) is 49.4. The van der Waals surface area contributed by atoms with E-state index in [2.05, 4.69) is 42.5 Å². The number of nitrogens with two attached hydrogens (primary N) is 2. The van der Waals surface area contributed by atoms with E-state index in [4.69, 9.17) is 11.5 Å². The molecule has 308 valence electrons. The predicted octanol–water partition coefficient (Wildman–Crippen LogP) is -2.94. The minimum atomic E-state index is -1.12. The van der Waals surface area contributed by atoms with Crippen molar-refractivity contribution in [2.75, 3.05) is 26.2 Å². The molecule has 19 heteroatoms. The molecule has 0 radical (unpaired) electrons. The molecule has 0 aliphatic carbocycles. The van der Waals surface area contributed by atoms with Gasteiger partial charge in [0, 0.05) is 0 Å². The largest absolute Gasteiger partial charge is 0.345 e. The molecule has 0 aromatic carbocycles. The van der Waals surface area contributed by atoms with Crippen molar-refractivity contribution in [3.63, 3.8) is 0 Å². The van der Waals surface area contributed by atoms with Gasteiger partial charge in [-0.2, -0.15) is 0 Å². The highest BCUT2D eigenvalue weighted by atomic mass is 16.2. The van der Waals surface area contributed by atoms with Crippen molar-refractivity contribution < 1.29 is 43.2 Å². The van der Waals surface area contributed by atoms with Gasteiger partial charge in [-0.15, -0.1) is 0 Å². The van der Waals surface area contributed by atoms with Gasteiger partial charge in [-0.05, 0) is 56.4 Å². The molecule has 0 rings (SSSR count). The second kappa shape index (κ2) is 25.4. The van der Waals surface area contributed by atoms with E-state index in [9.17, 15) is 43.2 Å². The quantitative estimate of drug-likeness (QED) is 0.0331. The molecule has 0 fully saturated rings. The molecule has 0 aliphatic heterocycles. The lowest BCUT2D eigenvalue weighted by molar-refractivity contribution is -0.134. The first-order chi connectivity index (χ1) is 25.2. The zero-order valence-corrected chi connectivity index (χ0v) is 33.1. The van der Waals surface area contributed by atoms with Crippen molar-refractivity contribution in [3.05, 3.63) is 0 Å². The van der Waals surface area contributed by atoms with Crippen LogP contribution in [0.2, 0.25) is 0 Å². The number of amides is 8. The number of hydrogen-bond donors (Lipinski definition) is 10. The highest BCUT2D eigenvalue weighted by Crippen LogP contribution is 2.06. The van der Waals surface area contributed by atoms with E-state index in [1.54, 1.807) is 55.4 Å². The van der Waals surface area contributed by atoms with E-state index in [1.807, 2.05) is 0 Å². The third-order valence-electron chi connectivity index (χ3n) is 8.30. The summed E-state index contributed by atoms with van der Waals surface area (Å²) < 4.78 is 0. The maximum Gasteiger partial charge on any atom is 0.243 e. The summed E-state index contributed by atoms with van der Waals surface area (Å²) in [7, 11) is 0. The molecule has 0 aromatic heterocycles. The average Bonchev–Trinajstić information content (AvgIpc) is 3.10. The molecule has 0 unspecified atom stereocenters. The smallest absolute Gasteiger partial charge is 0.243 e. The summed E-state index contributed by atoms with van der Waals surface area (Å²) in [6.07, 6.45) is 2.36. The van der Waals surface area contributed by atoms with Crippen molar-refractivity contribution in [1.29, 1.82) is 0 Å². The molecular formula is C35H64N10O9. The Kier molecular flexibility index (Phi) is 23.2. The SMILES string of the molecule is CC(C)[C@H](N)C(=O)N[C@H](C(=O)NCC(=O)N[C@@H](C)C(=O)N[C@H](C(=O)NCC(=O)N[C@H](C(=O)NCC(=O)N[C@H](C=O)CCCCN)C(C)C)C(C)C)C(C)C. The van der Waals surface area contributed by atoms with Crippen LogP contribution in [0.3, 0.4) is 0 Å². The van der Waals surface area contributed by atoms with E-state index < -0.39 is 115 Å². The molecule has 12 N–H and O–H groups in total. The fraction of sp³-hybridized carbons (Fsp3) is 0.743. The van der Waals surface area contributed by atoms with Crippen molar-refractivity contribution in [2.45, 2.75) is 118 Å². The molecule has 0 saturated heterocycles. The lowest BCUT2D eigenvalue weighted by atomic mass is 10.0. The fourth-order valence-electron chi connectivity index (χ4n) is 4.79. The molecule has 0 bridgehead atoms. The lowest BCUT2D eigenvalue weighted by Crippen LogP contribution is -2.58. The summed E-state index contributed by atoms with van der Waals surface area (Å²) in [5.74, 6) is -6.45. The number of carbonyl (C=O) groups excluding carboxylic acids is 9. The van der Waals surface area contributed by atoms with Crippen molar-refractivity contribution in [2.24, 2.45) is 35.1 Å². The van der Waals surface area contributed by atoms with E-state index in [1.165, 1.54) is 6.92 Å². The van der Waals surface area contributed by atoms with Crippen LogP contribution in [0.4, 0.5) is 0 Å². The van der Waals surface area contributed by atoms with Gasteiger partial charge in [0.15, 0.2) is 0 Å². The van der Waals surface area contributed by atoms with Crippen LogP contribution in [-0.2, 0) is 43.2 Å². The zero-order chi connectivity index (χ0) is 41.7. The summed E-state index contributed by atoms with van der Waals surface area (Å²) >= 11 is 0. The van der Waals surface area contributed by atoms with Crippen LogP contribution in [0.5, 0.6) is 0 Å².